The molecule has 1 aromatic carbocycles. The van der Waals surface area contributed by atoms with Crippen LogP contribution in [-0.4, -0.2) is 21.6 Å². The van der Waals surface area contributed by atoms with Gasteiger partial charge in [0.1, 0.15) is 18.1 Å². The minimum absolute atomic E-state index is 0.0450. The summed E-state index contributed by atoms with van der Waals surface area (Å²) in [5.41, 5.74) is 0. The van der Waals surface area contributed by atoms with Crippen molar-refractivity contribution in [3.8, 4) is 11.5 Å². The Balaban J connectivity index is 2.62. The molecule has 2 rings (SSSR count). The Morgan fingerprint density at radius 2 is 1.93 bits per heavy atom. The van der Waals surface area contributed by atoms with Crippen LogP contribution in [0.2, 0.25) is 0 Å². The van der Waals surface area contributed by atoms with Crippen LogP contribution in [0.5, 0.6) is 11.5 Å². The lowest BCUT2D eigenvalue weighted by Crippen LogP contribution is -2.16. The van der Waals surface area contributed by atoms with Crippen molar-refractivity contribution in [1.29, 1.82) is 0 Å². The van der Waals surface area contributed by atoms with E-state index in [1.807, 2.05) is 0 Å². The zero-order chi connectivity index (χ0) is 10.2. The van der Waals surface area contributed by atoms with E-state index in [0.29, 0.717) is 19.0 Å². The van der Waals surface area contributed by atoms with Crippen molar-refractivity contribution in [2.24, 2.45) is 0 Å². The van der Waals surface area contributed by atoms with E-state index < -0.39 is 9.05 Å². The molecule has 76 valence electrons. The lowest BCUT2D eigenvalue weighted by molar-refractivity contribution is 0.167. The molecule has 6 heteroatoms. The first-order valence-electron chi connectivity index (χ1n) is 3.92. The molecule has 0 atom stereocenters. The quantitative estimate of drug-likeness (QED) is 0.689. The van der Waals surface area contributed by atoms with E-state index in [4.69, 9.17) is 20.2 Å². The van der Waals surface area contributed by atoms with Crippen LogP contribution in [-0.2, 0) is 9.05 Å². The van der Waals surface area contributed by atoms with Crippen LogP contribution in [0.3, 0.4) is 0 Å². The molecule has 0 amide bonds. The highest BCUT2D eigenvalue weighted by molar-refractivity contribution is 8.13. The maximum Gasteiger partial charge on any atom is 0.265 e. The van der Waals surface area contributed by atoms with Crippen molar-refractivity contribution in [2.75, 3.05) is 13.2 Å². The smallest absolute Gasteiger partial charge is 0.265 e. The largest absolute Gasteiger partial charge is 0.486 e. The predicted molar refractivity (Wildman–Crippen MR) is 50.5 cm³/mol. The van der Waals surface area contributed by atoms with E-state index in [-0.39, 0.29) is 10.6 Å². The number of hydrogen-bond donors (Lipinski definition) is 0. The summed E-state index contributed by atoms with van der Waals surface area (Å²) in [5, 5.41) is 0. The van der Waals surface area contributed by atoms with Crippen molar-refractivity contribution >= 4 is 19.7 Å². The zero-order valence-electron chi connectivity index (χ0n) is 7.07. The van der Waals surface area contributed by atoms with Crippen LogP contribution in [0, 0.1) is 0 Å². The SMILES string of the molecule is O=S(=O)(Cl)c1cccc2c1OCCO2. The highest BCUT2D eigenvalue weighted by Gasteiger charge is 2.22. The lowest BCUT2D eigenvalue weighted by Gasteiger charge is -2.19. The summed E-state index contributed by atoms with van der Waals surface area (Å²) in [6, 6.07) is 4.58. The summed E-state index contributed by atoms with van der Waals surface area (Å²) in [6.45, 7) is 0.745. The molecule has 0 N–H and O–H groups in total. The van der Waals surface area contributed by atoms with E-state index in [2.05, 4.69) is 0 Å². The van der Waals surface area contributed by atoms with Crippen molar-refractivity contribution in [1.82, 2.24) is 0 Å². The van der Waals surface area contributed by atoms with Gasteiger partial charge in [0.25, 0.3) is 9.05 Å². The Morgan fingerprint density at radius 1 is 1.21 bits per heavy atom. The Morgan fingerprint density at radius 3 is 2.64 bits per heavy atom. The van der Waals surface area contributed by atoms with Crippen LogP contribution >= 0.6 is 10.7 Å². The van der Waals surface area contributed by atoms with Crippen molar-refractivity contribution in [3.63, 3.8) is 0 Å². The lowest BCUT2D eigenvalue weighted by atomic mass is 10.3. The van der Waals surface area contributed by atoms with Gasteiger partial charge in [-0.25, -0.2) is 8.42 Å². The number of fused-ring (bicyclic) bond motifs is 1. The molecule has 1 aromatic rings. The minimum Gasteiger partial charge on any atom is -0.486 e. The average molecular weight is 235 g/mol. The molecule has 14 heavy (non-hydrogen) atoms. The summed E-state index contributed by atoms with van der Waals surface area (Å²) < 4.78 is 32.7. The fraction of sp³-hybridized carbons (Fsp3) is 0.250. The van der Waals surface area contributed by atoms with Gasteiger partial charge in [-0.15, -0.1) is 0 Å². The minimum atomic E-state index is -3.78. The molecule has 0 saturated heterocycles. The first kappa shape index (κ1) is 9.61. The first-order valence-corrected chi connectivity index (χ1v) is 6.23. The number of para-hydroxylation sites is 1. The van der Waals surface area contributed by atoms with Crippen molar-refractivity contribution in [3.05, 3.63) is 18.2 Å². The van der Waals surface area contributed by atoms with Crippen LogP contribution < -0.4 is 9.47 Å². The van der Waals surface area contributed by atoms with E-state index in [1.165, 1.54) is 6.07 Å². The van der Waals surface area contributed by atoms with Gasteiger partial charge in [-0.05, 0) is 12.1 Å². The molecule has 0 radical (unpaired) electrons. The van der Waals surface area contributed by atoms with Gasteiger partial charge in [0, 0.05) is 10.7 Å². The van der Waals surface area contributed by atoms with Gasteiger partial charge in [-0.2, -0.15) is 0 Å². The summed E-state index contributed by atoms with van der Waals surface area (Å²) in [6.07, 6.45) is 0. The molecular formula is C8H7ClO4S. The van der Waals surface area contributed by atoms with Crippen LogP contribution in [0.25, 0.3) is 0 Å². The normalized spacial score (nSPS) is 15.2. The molecule has 1 aliphatic rings. The Kier molecular flexibility index (Phi) is 2.28. The summed E-state index contributed by atoms with van der Waals surface area (Å²) in [5.74, 6) is 0.617. The molecule has 1 aliphatic heterocycles. The van der Waals surface area contributed by atoms with E-state index in [0.717, 1.165) is 0 Å². The maximum atomic E-state index is 11.1. The second-order valence-corrected chi connectivity index (χ2v) is 5.25. The molecule has 0 aromatic heterocycles. The first-order chi connectivity index (χ1) is 6.59. The third kappa shape index (κ3) is 1.65. The predicted octanol–water partition coefficient (Wildman–Crippen LogP) is 1.39. The molecule has 1 heterocycles. The van der Waals surface area contributed by atoms with Gasteiger partial charge in [0.2, 0.25) is 0 Å². The zero-order valence-corrected chi connectivity index (χ0v) is 8.64. The third-order valence-electron chi connectivity index (χ3n) is 1.79. The van der Waals surface area contributed by atoms with Gasteiger partial charge in [0.05, 0.1) is 0 Å². The second-order valence-electron chi connectivity index (χ2n) is 2.72. The van der Waals surface area contributed by atoms with Gasteiger partial charge < -0.3 is 9.47 Å². The summed E-state index contributed by atoms with van der Waals surface area (Å²) in [4.78, 5) is -0.0450. The molecule has 0 bridgehead atoms. The van der Waals surface area contributed by atoms with E-state index >= 15 is 0 Å². The molecule has 0 aliphatic carbocycles. The van der Waals surface area contributed by atoms with E-state index in [1.54, 1.807) is 12.1 Å². The van der Waals surface area contributed by atoms with Gasteiger partial charge in [0.15, 0.2) is 11.5 Å². The van der Waals surface area contributed by atoms with Crippen LogP contribution in [0.15, 0.2) is 23.1 Å². The topological polar surface area (TPSA) is 52.6 Å². The molecular weight excluding hydrogens is 228 g/mol. The fourth-order valence-corrected chi connectivity index (χ4v) is 2.23. The molecule has 0 spiro atoms. The standard InChI is InChI=1S/C8H7ClO4S/c9-14(10,11)7-3-1-2-6-8(7)13-5-4-12-6/h1-3H,4-5H2. The Bertz CT molecular complexity index is 454. The number of ether oxygens (including phenoxy) is 2. The second kappa shape index (κ2) is 3.33. The number of hydrogen-bond acceptors (Lipinski definition) is 4. The average Bonchev–Trinajstić information content (AvgIpc) is 2.15. The number of halogens is 1. The maximum absolute atomic E-state index is 11.1. The van der Waals surface area contributed by atoms with Gasteiger partial charge >= 0.3 is 0 Å². The fourth-order valence-electron chi connectivity index (χ4n) is 1.24. The highest BCUT2D eigenvalue weighted by atomic mass is 35.7. The van der Waals surface area contributed by atoms with Crippen molar-refractivity contribution in [2.45, 2.75) is 4.90 Å². The summed E-state index contributed by atoms with van der Waals surface area (Å²) >= 11 is 0. The molecule has 0 unspecified atom stereocenters. The van der Waals surface area contributed by atoms with E-state index in [9.17, 15) is 8.42 Å². The molecule has 0 saturated carbocycles. The molecule has 0 fully saturated rings. The summed E-state index contributed by atoms with van der Waals surface area (Å²) in [7, 11) is 1.46. The third-order valence-corrected chi connectivity index (χ3v) is 3.14. The molecule has 4 nitrogen and oxygen atoms in total. The Labute approximate surface area is 85.8 Å². The van der Waals surface area contributed by atoms with Gasteiger partial charge in [-0.1, -0.05) is 6.07 Å². The number of rotatable bonds is 1. The monoisotopic (exact) mass is 234 g/mol. The van der Waals surface area contributed by atoms with Crippen molar-refractivity contribution < 1.29 is 17.9 Å². The highest BCUT2D eigenvalue weighted by Crippen LogP contribution is 2.37. The number of benzene rings is 1. The van der Waals surface area contributed by atoms with Gasteiger partial charge in [-0.3, -0.25) is 0 Å². The van der Waals surface area contributed by atoms with Crippen LogP contribution in [0.1, 0.15) is 0 Å². The van der Waals surface area contributed by atoms with Crippen LogP contribution in [0.4, 0.5) is 0 Å². The Hall–Kier alpha value is -0.940.